The van der Waals surface area contributed by atoms with E-state index in [4.69, 9.17) is 16.7 Å². The van der Waals surface area contributed by atoms with E-state index in [0.29, 0.717) is 24.4 Å². The molecule has 0 spiro atoms. The number of carbonyl (C=O) groups excluding carboxylic acids is 1. The summed E-state index contributed by atoms with van der Waals surface area (Å²) in [7, 11) is 0. The Morgan fingerprint density at radius 2 is 2.18 bits per heavy atom. The Kier molecular flexibility index (Phi) is 6.55. The van der Waals surface area contributed by atoms with Crippen molar-refractivity contribution in [2.45, 2.75) is 17.7 Å². The third kappa shape index (κ3) is 5.06. The summed E-state index contributed by atoms with van der Waals surface area (Å²) in [5.74, 6) is -0.0848. The minimum atomic E-state index is -0.305. The minimum absolute atomic E-state index is 0.0811. The number of aliphatic hydroxyl groups is 1. The molecule has 1 amide bonds. The molecular formula is C12H15BrClNO2. The number of benzene rings is 1. The lowest BCUT2D eigenvalue weighted by atomic mass is 10.1. The van der Waals surface area contributed by atoms with Crippen LogP contribution < -0.4 is 5.32 Å². The van der Waals surface area contributed by atoms with Crippen LogP contribution in [0.15, 0.2) is 24.3 Å². The van der Waals surface area contributed by atoms with Crippen LogP contribution >= 0.6 is 27.5 Å². The number of rotatable bonds is 6. The quantitative estimate of drug-likeness (QED) is 0.623. The van der Waals surface area contributed by atoms with E-state index in [0.717, 1.165) is 5.56 Å². The number of nitrogens with one attached hydrogen (secondary N) is 1. The molecular weight excluding hydrogens is 305 g/mol. The van der Waals surface area contributed by atoms with Gasteiger partial charge in [0.25, 0.3) is 0 Å². The molecule has 0 heterocycles. The Morgan fingerprint density at radius 1 is 1.47 bits per heavy atom. The first-order chi connectivity index (χ1) is 8.15. The van der Waals surface area contributed by atoms with Crippen molar-refractivity contribution >= 4 is 33.4 Å². The Morgan fingerprint density at radius 3 is 2.82 bits per heavy atom. The van der Waals surface area contributed by atoms with Gasteiger partial charge in [-0.05, 0) is 24.5 Å². The van der Waals surface area contributed by atoms with Crippen molar-refractivity contribution in [3.8, 4) is 0 Å². The molecule has 0 saturated heterocycles. The molecule has 0 saturated carbocycles. The number of halogens is 2. The molecule has 1 unspecified atom stereocenters. The zero-order valence-corrected chi connectivity index (χ0v) is 11.7. The zero-order chi connectivity index (χ0) is 12.7. The van der Waals surface area contributed by atoms with E-state index >= 15 is 0 Å². The van der Waals surface area contributed by atoms with Crippen LogP contribution in [0.4, 0.5) is 0 Å². The maximum atomic E-state index is 11.7. The average Bonchev–Trinajstić information content (AvgIpc) is 2.32. The number of hydrogen-bond donors (Lipinski definition) is 2. The second-order valence-electron chi connectivity index (χ2n) is 3.63. The normalized spacial score (nSPS) is 12.2. The summed E-state index contributed by atoms with van der Waals surface area (Å²) < 4.78 is 0. The minimum Gasteiger partial charge on any atom is -0.396 e. The second-order valence-corrected chi connectivity index (χ2v) is 5.14. The lowest BCUT2D eigenvalue weighted by Gasteiger charge is -2.11. The Bertz CT molecular complexity index is 373. The summed E-state index contributed by atoms with van der Waals surface area (Å²) in [5.41, 5.74) is 0.938. The number of carbonyl (C=O) groups is 1. The lowest BCUT2D eigenvalue weighted by Crippen LogP contribution is -2.33. The van der Waals surface area contributed by atoms with Crippen LogP contribution in [0, 0.1) is 0 Å². The van der Waals surface area contributed by atoms with E-state index in [1.165, 1.54) is 0 Å². The Hall–Kier alpha value is -0.580. The fourth-order valence-electron chi connectivity index (χ4n) is 1.35. The van der Waals surface area contributed by atoms with Gasteiger partial charge in [0.15, 0.2) is 0 Å². The first kappa shape index (κ1) is 14.5. The van der Waals surface area contributed by atoms with E-state index in [-0.39, 0.29) is 17.3 Å². The van der Waals surface area contributed by atoms with Gasteiger partial charge in [-0.2, -0.15) is 0 Å². The second kappa shape index (κ2) is 7.69. The van der Waals surface area contributed by atoms with Crippen LogP contribution in [0.5, 0.6) is 0 Å². The highest BCUT2D eigenvalue weighted by molar-refractivity contribution is 9.10. The van der Waals surface area contributed by atoms with Crippen molar-refractivity contribution in [1.82, 2.24) is 5.32 Å². The van der Waals surface area contributed by atoms with E-state index < -0.39 is 0 Å². The summed E-state index contributed by atoms with van der Waals surface area (Å²) in [6, 6.07) is 7.46. The monoisotopic (exact) mass is 319 g/mol. The predicted octanol–water partition coefficient (Wildman–Crippen LogP) is 2.14. The van der Waals surface area contributed by atoms with Crippen LogP contribution in [0.3, 0.4) is 0 Å². The fraction of sp³-hybridized carbons (Fsp3) is 0.417. The summed E-state index contributed by atoms with van der Waals surface area (Å²) in [4.78, 5) is 11.3. The molecule has 0 aliphatic heterocycles. The van der Waals surface area contributed by atoms with Gasteiger partial charge in [-0.3, -0.25) is 4.79 Å². The number of aliphatic hydroxyl groups excluding tert-OH is 1. The molecule has 3 nitrogen and oxygen atoms in total. The number of hydrogen-bond acceptors (Lipinski definition) is 2. The van der Waals surface area contributed by atoms with Gasteiger partial charge in [0.1, 0.15) is 0 Å². The average molecular weight is 321 g/mol. The van der Waals surface area contributed by atoms with Crippen LogP contribution in [0.2, 0.25) is 5.02 Å². The van der Waals surface area contributed by atoms with Crippen molar-refractivity contribution in [1.29, 1.82) is 0 Å². The van der Waals surface area contributed by atoms with Gasteiger partial charge in [0.2, 0.25) is 5.91 Å². The maximum absolute atomic E-state index is 11.7. The summed E-state index contributed by atoms with van der Waals surface area (Å²) in [6.45, 7) is 0.567. The molecule has 2 N–H and O–H groups in total. The van der Waals surface area contributed by atoms with Crippen LogP contribution in [0.25, 0.3) is 0 Å². The molecule has 0 aliphatic carbocycles. The van der Waals surface area contributed by atoms with Crippen molar-refractivity contribution in [2.75, 3.05) is 13.2 Å². The Balaban J connectivity index is 2.46. The molecule has 0 radical (unpaired) electrons. The molecule has 1 aromatic carbocycles. The Labute approximate surface area is 114 Å². The van der Waals surface area contributed by atoms with E-state index in [1.807, 2.05) is 18.2 Å². The topological polar surface area (TPSA) is 49.3 Å². The standard InChI is InChI=1S/C12H15BrClNO2/c13-10(12(17)15-6-3-7-16)8-9-4-1-2-5-11(9)14/h1-2,4-5,10,16H,3,6-8H2,(H,15,17). The molecule has 0 fully saturated rings. The lowest BCUT2D eigenvalue weighted by molar-refractivity contribution is -0.120. The van der Waals surface area contributed by atoms with E-state index in [9.17, 15) is 4.79 Å². The predicted molar refractivity (Wildman–Crippen MR) is 72.6 cm³/mol. The van der Waals surface area contributed by atoms with Gasteiger partial charge in [-0.1, -0.05) is 45.7 Å². The molecule has 94 valence electrons. The maximum Gasteiger partial charge on any atom is 0.234 e. The first-order valence-corrected chi connectivity index (χ1v) is 6.70. The summed E-state index contributed by atoms with van der Waals surface area (Å²) >= 11 is 9.35. The van der Waals surface area contributed by atoms with Gasteiger partial charge in [-0.15, -0.1) is 0 Å². The van der Waals surface area contributed by atoms with E-state index in [1.54, 1.807) is 6.07 Å². The van der Waals surface area contributed by atoms with Gasteiger partial charge in [0, 0.05) is 18.2 Å². The van der Waals surface area contributed by atoms with Gasteiger partial charge < -0.3 is 10.4 Å². The van der Waals surface area contributed by atoms with Crippen molar-refractivity contribution in [2.24, 2.45) is 0 Å². The molecule has 0 bridgehead atoms. The molecule has 1 aromatic rings. The summed E-state index contributed by atoms with van der Waals surface area (Å²) in [5, 5.41) is 12.0. The highest BCUT2D eigenvalue weighted by Gasteiger charge is 2.15. The van der Waals surface area contributed by atoms with Gasteiger partial charge in [-0.25, -0.2) is 0 Å². The number of amides is 1. The van der Waals surface area contributed by atoms with Crippen LogP contribution in [-0.2, 0) is 11.2 Å². The third-order valence-corrected chi connectivity index (χ3v) is 3.38. The fourth-order valence-corrected chi connectivity index (χ4v) is 2.07. The zero-order valence-electron chi connectivity index (χ0n) is 9.33. The molecule has 17 heavy (non-hydrogen) atoms. The SMILES string of the molecule is O=C(NCCCO)C(Br)Cc1ccccc1Cl. The number of alkyl halides is 1. The molecule has 1 rings (SSSR count). The molecule has 0 aromatic heterocycles. The van der Waals surface area contributed by atoms with Crippen molar-refractivity contribution in [3.05, 3.63) is 34.9 Å². The van der Waals surface area contributed by atoms with E-state index in [2.05, 4.69) is 21.2 Å². The van der Waals surface area contributed by atoms with Crippen molar-refractivity contribution < 1.29 is 9.90 Å². The van der Waals surface area contributed by atoms with Gasteiger partial charge >= 0.3 is 0 Å². The molecule has 1 atom stereocenters. The molecule has 0 aliphatic rings. The highest BCUT2D eigenvalue weighted by Crippen LogP contribution is 2.19. The smallest absolute Gasteiger partial charge is 0.234 e. The first-order valence-electron chi connectivity index (χ1n) is 5.41. The largest absolute Gasteiger partial charge is 0.396 e. The summed E-state index contributed by atoms with van der Waals surface area (Å²) in [6.07, 6.45) is 1.11. The van der Waals surface area contributed by atoms with Gasteiger partial charge in [0.05, 0.1) is 4.83 Å². The third-order valence-electron chi connectivity index (χ3n) is 2.28. The van der Waals surface area contributed by atoms with Crippen LogP contribution in [0.1, 0.15) is 12.0 Å². The van der Waals surface area contributed by atoms with Crippen LogP contribution in [-0.4, -0.2) is 29.0 Å². The molecule has 5 heteroatoms. The van der Waals surface area contributed by atoms with Crippen molar-refractivity contribution in [3.63, 3.8) is 0 Å². The highest BCUT2D eigenvalue weighted by atomic mass is 79.9.